The molecule has 9 heteroatoms. The first kappa shape index (κ1) is 17.7. The van der Waals surface area contributed by atoms with Gasteiger partial charge in [0.05, 0.1) is 0 Å². The minimum Gasteiger partial charge on any atom is -0.477 e. The van der Waals surface area contributed by atoms with Crippen molar-refractivity contribution in [2.45, 2.75) is 11.7 Å². The molecule has 0 aliphatic heterocycles. The summed E-state index contributed by atoms with van der Waals surface area (Å²) in [4.78, 5) is 19.9. The molecule has 0 amide bonds. The van der Waals surface area contributed by atoms with Crippen molar-refractivity contribution in [3.8, 4) is 0 Å². The largest absolute Gasteiger partial charge is 0.477 e. The van der Waals surface area contributed by atoms with Crippen molar-refractivity contribution in [3.05, 3.63) is 39.4 Å². The molecule has 2 aromatic rings. The Labute approximate surface area is 147 Å². The van der Waals surface area contributed by atoms with E-state index in [1.54, 1.807) is 25.2 Å². The second-order valence-corrected chi connectivity index (χ2v) is 6.04. The molecule has 23 heavy (non-hydrogen) atoms. The molecule has 0 radical (unpaired) electrons. The van der Waals surface area contributed by atoms with Gasteiger partial charge in [-0.25, -0.2) is 14.8 Å². The van der Waals surface area contributed by atoms with E-state index in [0.29, 0.717) is 21.7 Å². The third kappa shape index (κ3) is 4.19. The number of carbonyl (C=O) groups is 1. The average molecular weight is 373 g/mol. The van der Waals surface area contributed by atoms with Crippen molar-refractivity contribution in [2.75, 3.05) is 23.9 Å². The number of carboxylic acids is 1. The molecule has 122 valence electrons. The van der Waals surface area contributed by atoms with Gasteiger partial charge in [-0.05, 0) is 24.0 Å². The maximum atomic E-state index is 11.5. The van der Waals surface area contributed by atoms with Gasteiger partial charge in [-0.2, -0.15) is 0 Å². The summed E-state index contributed by atoms with van der Waals surface area (Å²) >= 11 is 13.3. The molecule has 2 rings (SSSR count). The van der Waals surface area contributed by atoms with Gasteiger partial charge in [0.2, 0.25) is 0 Å². The zero-order valence-electron chi connectivity index (χ0n) is 12.4. The molecule has 1 aromatic carbocycles. The highest BCUT2D eigenvalue weighted by Gasteiger charge is 2.20. The van der Waals surface area contributed by atoms with Gasteiger partial charge in [-0.3, -0.25) is 0 Å². The van der Waals surface area contributed by atoms with Crippen LogP contribution >= 0.6 is 35.0 Å². The molecule has 6 nitrogen and oxygen atoms in total. The maximum absolute atomic E-state index is 11.5. The number of hydrogen-bond donors (Lipinski definition) is 3. The Morgan fingerprint density at radius 3 is 2.57 bits per heavy atom. The van der Waals surface area contributed by atoms with Gasteiger partial charge in [0.25, 0.3) is 0 Å². The molecule has 0 aliphatic carbocycles. The zero-order chi connectivity index (χ0) is 17.0. The van der Waals surface area contributed by atoms with E-state index in [2.05, 4.69) is 20.6 Å². The second kappa shape index (κ2) is 7.72. The van der Waals surface area contributed by atoms with Crippen LogP contribution in [0.4, 0.5) is 11.6 Å². The molecule has 0 unspecified atom stereocenters. The first-order chi connectivity index (χ1) is 11.0. The summed E-state index contributed by atoms with van der Waals surface area (Å²) in [5.74, 6) is -0.638. The van der Waals surface area contributed by atoms with Crippen LogP contribution in [0.1, 0.15) is 15.9 Å². The number of anilines is 2. The first-order valence-electron chi connectivity index (χ1n) is 6.51. The van der Waals surface area contributed by atoms with Gasteiger partial charge in [0, 0.05) is 23.6 Å². The number of carboxylic acid groups (broad SMARTS) is 1. The molecule has 1 heterocycles. The molecule has 3 N–H and O–H groups in total. The summed E-state index contributed by atoms with van der Waals surface area (Å²) < 4.78 is 0. The highest BCUT2D eigenvalue weighted by atomic mass is 35.5. The lowest BCUT2D eigenvalue weighted by Gasteiger charge is -2.13. The van der Waals surface area contributed by atoms with Gasteiger partial charge in [0.1, 0.15) is 17.2 Å². The van der Waals surface area contributed by atoms with E-state index in [4.69, 9.17) is 23.2 Å². The van der Waals surface area contributed by atoms with E-state index in [0.717, 1.165) is 5.56 Å². The lowest BCUT2D eigenvalue weighted by Crippen LogP contribution is -2.13. The highest BCUT2D eigenvalue weighted by Crippen LogP contribution is 2.26. The highest BCUT2D eigenvalue weighted by molar-refractivity contribution is 7.98. The molecule has 0 atom stereocenters. The van der Waals surface area contributed by atoms with Crippen LogP contribution in [0, 0.1) is 0 Å². The summed E-state index contributed by atoms with van der Waals surface area (Å²) in [5, 5.41) is 16.7. The first-order valence-corrected chi connectivity index (χ1v) is 8.49. The van der Waals surface area contributed by atoms with Gasteiger partial charge < -0.3 is 15.7 Å². The Kier molecular flexibility index (Phi) is 5.92. The minimum absolute atomic E-state index is 0.0182. The number of rotatable bonds is 6. The number of hydrogen-bond acceptors (Lipinski definition) is 6. The van der Waals surface area contributed by atoms with Crippen LogP contribution in [-0.2, 0) is 6.54 Å². The fraction of sp³-hybridized carbons (Fsp3) is 0.214. The molecule has 0 saturated carbocycles. The molecular formula is C14H14Cl2N4O2S. The van der Waals surface area contributed by atoms with Gasteiger partial charge >= 0.3 is 5.97 Å². The van der Waals surface area contributed by atoms with Crippen LogP contribution in [-0.4, -0.2) is 34.3 Å². The number of nitrogens with zero attached hydrogens (tertiary/aromatic N) is 2. The van der Waals surface area contributed by atoms with Crippen molar-refractivity contribution in [2.24, 2.45) is 0 Å². The van der Waals surface area contributed by atoms with Crippen molar-refractivity contribution in [3.63, 3.8) is 0 Å². The lowest BCUT2D eigenvalue weighted by molar-refractivity contribution is 0.0698. The third-order valence-corrected chi connectivity index (χ3v) is 4.12. The van der Waals surface area contributed by atoms with Crippen molar-refractivity contribution < 1.29 is 9.90 Å². The smallest absolute Gasteiger partial charge is 0.343 e. The molecule has 0 saturated heterocycles. The number of halogens is 2. The maximum Gasteiger partial charge on any atom is 0.343 e. The minimum atomic E-state index is -1.12. The molecule has 1 aromatic heterocycles. The molecular weight excluding hydrogens is 359 g/mol. The van der Waals surface area contributed by atoms with Crippen LogP contribution in [0.25, 0.3) is 0 Å². The number of benzene rings is 1. The summed E-state index contributed by atoms with van der Waals surface area (Å²) in [6.07, 6.45) is 1.81. The van der Waals surface area contributed by atoms with Crippen molar-refractivity contribution >= 4 is 52.6 Å². The lowest BCUT2D eigenvalue weighted by atomic mass is 10.2. The number of thioether (sulfide) groups is 1. The Morgan fingerprint density at radius 1 is 1.30 bits per heavy atom. The Bertz CT molecular complexity index is 743. The monoisotopic (exact) mass is 372 g/mol. The summed E-state index contributed by atoms with van der Waals surface area (Å²) in [7, 11) is 1.61. The fourth-order valence-corrected chi connectivity index (χ4v) is 2.73. The zero-order valence-corrected chi connectivity index (χ0v) is 14.7. The summed E-state index contributed by atoms with van der Waals surface area (Å²) in [5.41, 5.74) is 0.762. The Hall–Kier alpha value is -1.70. The van der Waals surface area contributed by atoms with Crippen LogP contribution in [0.5, 0.6) is 0 Å². The average Bonchev–Trinajstić information content (AvgIpc) is 2.52. The van der Waals surface area contributed by atoms with E-state index in [1.165, 1.54) is 11.8 Å². The summed E-state index contributed by atoms with van der Waals surface area (Å²) in [6, 6.07) is 5.12. The summed E-state index contributed by atoms with van der Waals surface area (Å²) in [6.45, 7) is 0.310. The van der Waals surface area contributed by atoms with Crippen LogP contribution in [0.2, 0.25) is 10.0 Å². The van der Waals surface area contributed by atoms with Crippen molar-refractivity contribution in [1.82, 2.24) is 9.97 Å². The van der Waals surface area contributed by atoms with Gasteiger partial charge in [-0.1, -0.05) is 41.0 Å². The SMILES string of the molecule is CNc1nc(SC)nc(NCc2ccc(Cl)cc2Cl)c1C(=O)O. The molecule has 0 aliphatic rings. The Morgan fingerprint density at radius 2 is 2.00 bits per heavy atom. The fourth-order valence-electron chi connectivity index (χ4n) is 1.89. The number of nitrogens with one attached hydrogen (secondary N) is 2. The third-order valence-electron chi connectivity index (χ3n) is 2.98. The molecule has 0 spiro atoms. The topological polar surface area (TPSA) is 87.1 Å². The van der Waals surface area contributed by atoms with Crippen molar-refractivity contribution in [1.29, 1.82) is 0 Å². The van der Waals surface area contributed by atoms with E-state index in [9.17, 15) is 9.90 Å². The van der Waals surface area contributed by atoms with E-state index in [-0.39, 0.29) is 17.2 Å². The van der Waals surface area contributed by atoms with E-state index in [1.807, 2.05) is 6.26 Å². The molecule has 0 bridgehead atoms. The Balaban J connectivity index is 2.35. The quantitative estimate of drug-likeness (QED) is 0.524. The standard InChI is InChI=1S/C14H14Cl2N4O2S/c1-17-11-10(13(21)22)12(20-14(19-11)23-2)18-6-7-3-4-8(15)5-9(7)16/h3-5H,6H2,1-2H3,(H,21,22)(H2,17,18,19,20). The van der Waals surface area contributed by atoms with Crippen LogP contribution in [0.15, 0.2) is 23.4 Å². The second-order valence-electron chi connectivity index (χ2n) is 4.43. The number of aromatic carboxylic acids is 1. The van der Waals surface area contributed by atoms with E-state index < -0.39 is 5.97 Å². The number of aromatic nitrogens is 2. The van der Waals surface area contributed by atoms with Crippen LogP contribution in [0.3, 0.4) is 0 Å². The van der Waals surface area contributed by atoms with Gasteiger partial charge in [0.15, 0.2) is 5.16 Å². The van der Waals surface area contributed by atoms with E-state index >= 15 is 0 Å². The van der Waals surface area contributed by atoms with Gasteiger partial charge in [-0.15, -0.1) is 0 Å². The van der Waals surface area contributed by atoms with Crippen LogP contribution < -0.4 is 10.6 Å². The predicted molar refractivity (Wildman–Crippen MR) is 94.1 cm³/mol. The molecule has 0 fully saturated rings. The predicted octanol–water partition coefficient (Wildman–Crippen LogP) is 3.86. The normalized spacial score (nSPS) is 10.4.